The smallest absolute Gasteiger partial charge is 0.303 e. The predicted molar refractivity (Wildman–Crippen MR) is 88.9 cm³/mol. The summed E-state index contributed by atoms with van der Waals surface area (Å²) in [5, 5.41) is 13.6. The Labute approximate surface area is 139 Å². The third-order valence-electron chi connectivity index (χ3n) is 3.33. The molecule has 2 rings (SSSR count). The topological polar surface area (TPSA) is 75.6 Å². The molecule has 0 saturated carbocycles. The number of carbonyl (C=O) groups excluding carboxylic acids is 1. The van der Waals surface area contributed by atoms with Crippen LogP contribution in [0.4, 0.5) is 0 Å². The first kappa shape index (κ1) is 17.1. The summed E-state index contributed by atoms with van der Waals surface area (Å²) < 4.78 is 5.57. The molecule has 0 aromatic heterocycles. The van der Waals surface area contributed by atoms with Crippen LogP contribution in [0.25, 0.3) is 10.8 Å². The van der Waals surface area contributed by atoms with Crippen LogP contribution in [0.3, 0.4) is 0 Å². The standard InChI is InChI=1S/C17H18ClNO4/c18-14-8-9-15(13-6-2-1-5-12(13)14)23-11-16(20)19-10-4-3-7-17(21)22/h1-2,5-6,8-9H,3-4,7,10-11H2,(H,19,20)(H,21,22). The summed E-state index contributed by atoms with van der Waals surface area (Å²) in [4.78, 5) is 22.1. The van der Waals surface area contributed by atoms with Gasteiger partial charge < -0.3 is 15.2 Å². The van der Waals surface area contributed by atoms with Crippen molar-refractivity contribution in [1.82, 2.24) is 5.32 Å². The molecule has 2 aromatic rings. The second-order valence-corrected chi connectivity index (χ2v) is 5.49. The van der Waals surface area contributed by atoms with Crippen molar-refractivity contribution in [3.8, 4) is 5.75 Å². The van der Waals surface area contributed by atoms with Crippen molar-refractivity contribution in [1.29, 1.82) is 0 Å². The summed E-state index contributed by atoms with van der Waals surface area (Å²) in [6.45, 7) is 0.349. The van der Waals surface area contributed by atoms with Crippen LogP contribution >= 0.6 is 11.6 Å². The largest absolute Gasteiger partial charge is 0.483 e. The Morgan fingerprint density at radius 1 is 1.09 bits per heavy atom. The van der Waals surface area contributed by atoms with E-state index in [9.17, 15) is 9.59 Å². The molecule has 5 nitrogen and oxygen atoms in total. The number of halogens is 1. The highest BCUT2D eigenvalue weighted by Gasteiger charge is 2.07. The van der Waals surface area contributed by atoms with Crippen LogP contribution in [0.1, 0.15) is 19.3 Å². The minimum Gasteiger partial charge on any atom is -0.483 e. The summed E-state index contributed by atoms with van der Waals surface area (Å²) in [5.41, 5.74) is 0. The summed E-state index contributed by atoms with van der Waals surface area (Å²) in [6.07, 6.45) is 1.28. The Morgan fingerprint density at radius 2 is 1.83 bits per heavy atom. The van der Waals surface area contributed by atoms with Gasteiger partial charge in [0.05, 0.1) is 0 Å². The molecule has 0 aliphatic carbocycles. The van der Waals surface area contributed by atoms with E-state index in [2.05, 4.69) is 5.32 Å². The zero-order valence-corrected chi connectivity index (χ0v) is 13.3. The van der Waals surface area contributed by atoms with Gasteiger partial charge >= 0.3 is 5.97 Å². The van der Waals surface area contributed by atoms with Gasteiger partial charge in [0.25, 0.3) is 5.91 Å². The van der Waals surface area contributed by atoms with Gasteiger partial charge in [-0.05, 0) is 25.0 Å². The zero-order valence-electron chi connectivity index (χ0n) is 12.5. The third kappa shape index (κ3) is 5.14. The molecule has 0 atom stereocenters. The van der Waals surface area contributed by atoms with Gasteiger partial charge in [-0.15, -0.1) is 0 Å². The van der Waals surface area contributed by atoms with Gasteiger partial charge in [0.15, 0.2) is 6.61 Å². The first-order chi connectivity index (χ1) is 11.1. The first-order valence-electron chi connectivity index (χ1n) is 7.36. The average Bonchev–Trinajstić information content (AvgIpc) is 2.54. The van der Waals surface area contributed by atoms with Gasteiger partial charge in [-0.25, -0.2) is 0 Å². The number of amides is 1. The number of aliphatic carboxylic acids is 1. The van der Waals surface area contributed by atoms with E-state index in [0.29, 0.717) is 30.2 Å². The number of rotatable bonds is 8. The van der Waals surface area contributed by atoms with E-state index >= 15 is 0 Å². The molecule has 1 amide bonds. The van der Waals surface area contributed by atoms with E-state index in [-0.39, 0.29) is 18.9 Å². The lowest BCUT2D eigenvalue weighted by Crippen LogP contribution is -2.29. The highest BCUT2D eigenvalue weighted by Crippen LogP contribution is 2.31. The molecule has 23 heavy (non-hydrogen) atoms. The molecule has 0 unspecified atom stereocenters. The predicted octanol–water partition coefficient (Wildman–Crippen LogP) is 3.24. The van der Waals surface area contributed by atoms with Crippen molar-refractivity contribution < 1.29 is 19.4 Å². The van der Waals surface area contributed by atoms with Crippen LogP contribution in [0.15, 0.2) is 36.4 Å². The monoisotopic (exact) mass is 335 g/mol. The molecule has 2 aromatic carbocycles. The quantitative estimate of drug-likeness (QED) is 0.726. The average molecular weight is 336 g/mol. The molecule has 0 saturated heterocycles. The number of carbonyl (C=O) groups is 2. The van der Waals surface area contributed by atoms with Crippen LogP contribution in [0.2, 0.25) is 5.02 Å². The summed E-state index contributed by atoms with van der Waals surface area (Å²) in [5.74, 6) is -0.459. The lowest BCUT2D eigenvalue weighted by Gasteiger charge is -2.10. The second-order valence-electron chi connectivity index (χ2n) is 5.08. The molecule has 0 bridgehead atoms. The van der Waals surface area contributed by atoms with Crippen LogP contribution < -0.4 is 10.1 Å². The molecule has 122 valence electrons. The third-order valence-corrected chi connectivity index (χ3v) is 3.66. The molecule has 0 aliphatic rings. The fourth-order valence-corrected chi connectivity index (χ4v) is 2.41. The fourth-order valence-electron chi connectivity index (χ4n) is 2.18. The molecule has 0 radical (unpaired) electrons. The molecule has 0 heterocycles. The Kier molecular flexibility index (Phi) is 6.23. The van der Waals surface area contributed by atoms with Crippen LogP contribution in [0.5, 0.6) is 5.75 Å². The molecule has 6 heteroatoms. The number of benzene rings is 2. The molecular formula is C17H18ClNO4. The number of carboxylic acids is 1. The van der Waals surface area contributed by atoms with Gasteiger partial charge in [-0.2, -0.15) is 0 Å². The normalized spacial score (nSPS) is 10.5. The van der Waals surface area contributed by atoms with Crippen LogP contribution in [-0.2, 0) is 9.59 Å². The van der Waals surface area contributed by atoms with E-state index in [1.807, 2.05) is 24.3 Å². The molecule has 0 aliphatic heterocycles. The van der Waals surface area contributed by atoms with Crippen molar-refractivity contribution in [2.45, 2.75) is 19.3 Å². The summed E-state index contributed by atoms with van der Waals surface area (Å²) >= 11 is 6.14. The number of nitrogens with one attached hydrogen (secondary N) is 1. The lowest BCUT2D eigenvalue weighted by molar-refractivity contribution is -0.137. The summed E-state index contributed by atoms with van der Waals surface area (Å²) in [7, 11) is 0. The van der Waals surface area contributed by atoms with E-state index in [0.717, 1.165) is 10.8 Å². The molecular weight excluding hydrogens is 318 g/mol. The SMILES string of the molecule is O=C(O)CCCCNC(=O)COc1ccc(Cl)c2ccccc12. The number of ether oxygens (including phenoxy) is 1. The van der Waals surface area contributed by atoms with E-state index in [1.54, 1.807) is 12.1 Å². The van der Waals surface area contributed by atoms with Gasteiger partial charge in [0.1, 0.15) is 5.75 Å². The minimum absolute atomic E-state index is 0.0927. The first-order valence-corrected chi connectivity index (χ1v) is 7.74. The van der Waals surface area contributed by atoms with Crippen molar-refractivity contribution in [3.63, 3.8) is 0 Å². The molecule has 0 fully saturated rings. The molecule has 2 N–H and O–H groups in total. The van der Waals surface area contributed by atoms with Crippen molar-refractivity contribution in [2.75, 3.05) is 13.2 Å². The minimum atomic E-state index is -0.825. The van der Waals surface area contributed by atoms with E-state index < -0.39 is 5.97 Å². The van der Waals surface area contributed by atoms with E-state index in [4.69, 9.17) is 21.4 Å². The number of carboxylic acid groups (broad SMARTS) is 1. The fraction of sp³-hybridized carbons (Fsp3) is 0.294. The van der Waals surface area contributed by atoms with Gasteiger partial charge in [-0.3, -0.25) is 9.59 Å². The molecule has 0 spiro atoms. The Balaban J connectivity index is 1.83. The number of hydrogen-bond donors (Lipinski definition) is 2. The van der Waals surface area contributed by atoms with Gasteiger partial charge in [-0.1, -0.05) is 35.9 Å². The highest BCUT2D eigenvalue weighted by atomic mass is 35.5. The van der Waals surface area contributed by atoms with Crippen molar-refractivity contribution in [2.24, 2.45) is 0 Å². The van der Waals surface area contributed by atoms with Gasteiger partial charge in [0, 0.05) is 28.8 Å². The van der Waals surface area contributed by atoms with Gasteiger partial charge in [0.2, 0.25) is 0 Å². The van der Waals surface area contributed by atoms with Crippen LogP contribution in [0, 0.1) is 0 Å². The highest BCUT2D eigenvalue weighted by molar-refractivity contribution is 6.35. The van der Waals surface area contributed by atoms with Crippen molar-refractivity contribution in [3.05, 3.63) is 41.4 Å². The lowest BCUT2D eigenvalue weighted by atomic mass is 10.1. The number of fused-ring (bicyclic) bond motifs is 1. The second kappa shape index (κ2) is 8.39. The maximum atomic E-state index is 11.7. The Hall–Kier alpha value is -2.27. The summed E-state index contributed by atoms with van der Waals surface area (Å²) in [6, 6.07) is 11.0. The maximum Gasteiger partial charge on any atom is 0.303 e. The van der Waals surface area contributed by atoms with Crippen molar-refractivity contribution >= 4 is 34.2 Å². The van der Waals surface area contributed by atoms with E-state index in [1.165, 1.54) is 0 Å². The Morgan fingerprint density at radius 3 is 2.57 bits per heavy atom. The maximum absolute atomic E-state index is 11.7. The van der Waals surface area contributed by atoms with Crippen LogP contribution in [-0.4, -0.2) is 30.1 Å². The number of unbranched alkanes of at least 4 members (excludes halogenated alkanes) is 1. The zero-order chi connectivity index (χ0) is 16.7. The Bertz CT molecular complexity index is 702. The number of hydrogen-bond acceptors (Lipinski definition) is 3.